The Morgan fingerprint density at radius 3 is 2.48 bits per heavy atom. The van der Waals surface area contributed by atoms with Crippen LogP contribution >= 0.6 is 0 Å². The van der Waals surface area contributed by atoms with E-state index in [2.05, 4.69) is 0 Å². The van der Waals surface area contributed by atoms with E-state index in [1.807, 2.05) is 0 Å². The van der Waals surface area contributed by atoms with Crippen LogP contribution in [0.5, 0.6) is 0 Å². The van der Waals surface area contributed by atoms with Crippen molar-refractivity contribution in [2.45, 2.75) is 77.6 Å². The van der Waals surface area contributed by atoms with Gasteiger partial charge in [0.25, 0.3) is 0 Å². The topological polar surface area (TPSA) is 78.9 Å². The fourth-order valence-electron chi connectivity index (χ4n) is 3.06. The average Bonchev–Trinajstić information content (AvgIpc) is 2.67. The third-order valence-corrected chi connectivity index (χ3v) is 5.02. The van der Waals surface area contributed by atoms with Gasteiger partial charge in [0.2, 0.25) is 5.60 Å². The van der Waals surface area contributed by atoms with Crippen LogP contribution in [-0.2, 0) is 28.6 Å². The Morgan fingerprint density at radius 1 is 1.30 bits per heavy atom. The number of fused-ring (bicyclic) bond motifs is 2. The lowest BCUT2D eigenvalue weighted by Crippen LogP contribution is -2.56. The SMILES string of the molecule is CC(C)C(=O)OC(C)(C)C(=O)OC1(C)CCC2CC1(C)OC2=O. The van der Waals surface area contributed by atoms with Crippen LogP contribution in [0.3, 0.4) is 0 Å². The summed E-state index contributed by atoms with van der Waals surface area (Å²) in [5.74, 6) is -1.76. The van der Waals surface area contributed by atoms with Crippen molar-refractivity contribution in [3.8, 4) is 0 Å². The monoisotopic (exact) mass is 326 g/mol. The second-order valence-corrected chi connectivity index (χ2v) is 7.80. The molecule has 2 rings (SSSR count). The van der Waals surface area contributed by atoms with E-state index < -0.39 is 28.7 Å². The summed E-state index contributed by atoms with van der Waals surface area (Å²) < 4.78 is 16.5. The normalized spacial score (nSPS) is 33.3. The molecule has 1 saturated heterocycles. The van der Waals surface area contributed by atoms with Crippen molar-refractivity contribution >= 4 is 17.9 Å². The van der Waals surface area contributed by atoms with Crippen LogP contribution in [-0.4, -0.2) is 34.7 Å². The van der Waals surface area contributed by atoms with Crippen molar-refractivity contribution in [2.24, 2.45) is 11.8 Å². The fraction of sp³-hybridized carbons (Fsp3) is 0.824. The standard InChI is InChI=1S/C17H26O6/c1-10(2)12(18)21-15(3,4)14(20)23-16(5)8-7-11-9-17(16,6)22-13(11)19/h10-11H,7-9H2,1-6H3. The van der Waals surface area contributed by atoms with Gasteiger partial charge in [0, 0.05) is 6.42 Å². The van der Waals surface area contributed by atoms with Gasteiger partial charge in [-0.1, -0.05) is 13.8 Å². The molecule has 0 aromatic rings. The molecule has 0 radical (unpaired) electrons. The Morgan fingerprint density at radius 2 is 1.91 bits per heavy atom. The molecule has 1 heterocycles. The summed E-state index contributed by atoms with van der Waals surface area (Å²) >= 11 is 0. The van der Waals surface area contributed by atoms with E-state index in [9.17, 15) is 14.4 Å². The number of rotatable bonds is 4. The van der Waals surface area contributed by atoms with Gasteiger partial charge < -0.3 is 14.2 Å². The lowest BCUT2D eigenvalue weighted by atomic mass is 9.71. The molecular weight excluding hydrogens is 300 g/mol. The molecular formula is C17H26O6. The van der Waals surface area contributed by atoms with E-state index in [1.54, 1.807) is 27.7 Å². The van der Waals surface area contributed by atoms with Gasteiger partial charge in [-0.25, -0.2) is 4.79 Å². The first-order valence-corrected chi connectivity index (χ1v) is 8.09. The maximum atomic E-state index is 12.6. The van der Waals surface area contributed by atoms with E-state index in [1.165, 1.54) is 13.8 Å². The predicted molar refractivity (Wildman–Crippen MR) is 81.3 cm³/mol. The minimum absolute atomic E-state index is 0.112. The molecule has 2 bridgehead atoms. The lowest BCUT2D eigenvalue weighted by Gasteiger charge is -2.45. The first-order chi connectivity index (χ1) is 10.4. The number of carbonyl (C=O) groups excluding carboxylic acids is 3. The highest BCUT2D eigenvalue weighted by Gasteiger charge is 2.61. The third-order valence-electron chi connectivity index (χ3n) is 5.02. The second-order valence-electron chi connectivity index (χ2n) is 7.80. The molecule has 3 atom stereocenters. The minimum atomic E-state index is -1.39. The zero-order chi connectivity index (χ0) is 17.6. The number of carbonyl (C=O) groups is 3. The van der Waals surface area contributed by atoms with Crippen LogP contribution in [0, 0.1) is 11.8 Å². The number of hydrogen-bond donors (Lipinski definition) is 0. The van der Waals surface area contributed by atoms with E-state index in [-0.39, 0.29) is 17.8 Å². The van der Waals surface area contributed by atoms with Gasteiger partial charge in [-0.15, -0.1) is 0 Å². The first-order valence-electron chi connectivity index (χ1n) is 8.09. The van der Waals surface area contributed by atoms with E-state index in [4.69, 9.17) is 14.2 Å². The van der Waals surface area contributed by atoms with Crippen molar-refractivity contribution < 1.29 is 28.6 Å². The van der Waals surface area contributed by atoms with Crippen LogP contribution in [0.2, 0.25) is 0 Å². The zero-order valence-electron chi connectivity index (χ0n) is 14.7. The summed E-state index contributed by atoms with van der Waals surface area (Å²) in [5.41, 5.74) is -3.14. The molecule has 2 fully saturated rings. The maximum Gasteiger partial charge on any atom is 0.350 e. The molecule has 130 valence electrons. The Bertz CT molecular complexity index is 537. The molecule has 0 amide bonds. The van der Waals surface area contributed by atoms with Crippen molar-refractivity contribution in [3.05, 3.63) is 0 Å². The van der Waals surface area contributed by atoms with Gasteiger partial charge in [-0.05, 0) is 40.5 Å². The summed E-state index contributed by atoms with van der Waals surface area (Å²) in [7, 11) is 0. The summed E-state index contributed by atoms with van der Waals surface area (Å²) in [6.07, 6.45) is 1.71. The predicted octanol–water partition coefficient (Wildman–Crippen LogP) is 2.38. The molecule has 1 saturated carbocycles. The van der Waals surface area contributed by atoms with Crippen molar-refractivity contribution in [3.63, 3.8) is 0 Å². The average molecular weight is 326 g/mol. The van der Waals surface area contributed by atoms with Gasteiger partial charge in [0.15, 0.2) is 0 Å². The van der Waals surface area contributed by atoms with Crippen molar-refractivity contribution in [1.29, 1.82) is 0 Å². The summed E-state index contributed by atoms with van der Waals surface area (Å²) in [6, 6.07) is 0. The number of ether oxygens (including phenoxy) is 3. The van der Waals surface area contributed by atoms with E-state index in [0.717, 1.165) is 0 Å². The molecule has 1 aliphatic heterocycles. The molecule has 0 aromatic heterocycles. The quantitative estimate of drug-likeness (QED) is 0.583. The smallest absolute Gasteiger partial charge is 0.350 e. The largest absolute Gasteiger partial charge is 0.455 e. The van der Waals surface area contributed by atoms with Crippen molar-refractivity contribution in [1.82, 2.24) is 0 Å². The molecule has 2 aliphatic rings. The second kappa shape index (κ2) is 5.49. The molecule has 23 heavy (non-hydrogen) atoms. The maximum absolute atomic E-state index is 12.6. The van der Waals surface area contributed by atoms with Gasteiger partial charge in [-0.3, -0.25) is 9.59 Å². The van der Waals surface area contributed by atoms with E-state index in [0.29, 0.717) is 19.3 Å². The fourth-order valence-corrected chi connectivity index (χ4v) is 3.06. The van der Waals surface area contributed by atoms with Crippen LogP contribution < -0.4 is 0 Å². The van der Waals surface area contributed by atoms with E-state index >= 15 is 0 Å². The molecule has 0 aromatic carbocycles. The molecule has 0 spiro atoms. The molecule has 1 aliphatic carbocycles. The number of esters is 3. The summed E-state index contributed by atoms with van der Waals surface area (Å²) in [4.78, 5) is 36.1. The summed E-state index contributed by atoms with van der Waals surface area (Å²) in [6.45, 7) is 9.99. The number of hydrogen-bond acceptors (Lipinski definition) is 6. The molecule has 6 nitrogen and oxygen atoms in total. The molecule has 0 N–H and O–H groups in total. The molecule has 6 heteroatoms. The van der Waals surface area contributed by atoms with Crippen LogP contribution in [0.25, 0.3) is 0 Å². The highest BCUT2D eigenvalue weighted by molar-refractivity contribution is 5.84. The zero-order valence-corrected chi connectivity index (χ0v) is 14.7. The van der Waals surface area contributed by atoms with Crippen molar-refractivity contribution in [2.75, 3.05) is 0 Å². The first kappa shape index (κ1) is 17.8. The lowest BCUT2D eigenvalue weighted by molar-refractivity contribution is -0.214. The Balaban J connectivity index is 2.12. The third kappa shape index (κ3) is 3.08. The van der Waals surface area contributed by atoms with Crippen LogP contribution in [0.15, 0.2) is 0 Å². The molecule has 3 unspecified atom stereocenters. The van der Waals surface area contributed by atoms with Gasteiger partial charge >= 0.3 is 17.9 Å². The van der Waals surface area contributed by atoms with Gasteiger partial charge in [-0.2, -0.15) is 0 Å². The Labute approximate surface area is 136 Å². The minimum Gasteiger partial charge on any atom is -0.455 e. The summed E-state index contributed by atoms with van der Waals surface area (Å²) in [5, 5.41) is 0. The highest BCUT2D eigenvalue weighted by Crippen LogP contribution is 2.50. The van der Waals surface area contributed by atoms with Gasteiger partial charge in [0.1, 0.15) is 11.2 Å². The van der Waals surface area contributed by atoms with Crippen LogP contribution in [0.1, 0.15) is 60.8 Å². The highest BCUT2D eigenvalue weighted by atomic mass is 16.6. The van der Waals surface area contributed by atoms with Gasteiger partial charge in [0.05, 0.1) is 11.8 Å². The Hall–Kier alpha value is -1.59. The Kier molecular flexibility index (Phi) is 4.24. The van der Waals surface area contributed by atoms with Crippen LogP contribution in [0.4, 0.5) is 0 Å².